The lowest BCUT2D eigenvalue weighted by Crippen LogP contribution is -2.43. The minimum Gasteiger partial charge on any atom is -0.383 e. The molecule has 2 aromatic rings. The van der Waals surface area contributed by atoms with Crippen LogP contribution in [0.3, 0.4) is 0 Å². The summed E-state index contributed by atoms with van der Waals surface area (Å²) < 4.78 is 19.5. The molecule has 0 bridgehead atoms. The number of nitrogen functional groups attached to an aromatic ring is 1. The monoisotopic (exact) mass is 452 g/mol. The van der Waals surface area contributed by atoms with E-state index in [9.17, 15) is 18.8 Å². The minimum atomic E-state index is -0.712. The van der Waals surface area contributed by atoms with Gasteiger partial charge in [0.25, 0.3) is 5.56 Å². The number of hydrogen-bond donors (Lipinski definition) is 2. The molecule has 2 rings (SSSR count). The Morgan fingerprint density at radius 1 is 1.32 bits per heavy atom. The highest BCUT2D eigenvalue weighted by atomic mass is 32.2. The second kappa shape index (κ2) is 11.7. The van der Waals surface area contributed by atoms with E-state index in [1.807, 2.05) is 13.8 Å². The molecule has 8 nitrogen and oxygen atoms in total. The summed E-state index contributed by atoms with van der Waals surface area (Å²) >= 11 is 1.36. The van der Waals surface area contributed by atoms with Crippen molar-refractivity contribution in [3.8, 4) is 0 Å². The molecule has 0 spiro atoms. The zero-order valence-corrected chi connectivity index (χ0v) is 18.8. The molecule has 0 fully saturated rings. The Morgan fingerprint density at radius 2 is 2.00 bits per heavy atom. The Morgan fingerprint density at radius 3 is 2.61 bits per heavy atom. The van der Waals surface area contributed by atoms with Crippen LogP contribution >= 0.6 is 11.8 Å². The SMILES string of the molecule is CCCCn1c(N)c(N(CCOC)C(=O)CSC(C)c2ccc(F)cc2)c(=O)[nH]c1=O. The van der Waals surface area contributed by atoms with Gasteiger partial charge in [0.05, 0.1) is 12.4 Å². The Labute approximate surface area is 184 Å². The molecule has 1 aromatic carbocycles. The van der Waals surface area contributed by atoms with E-state index in [2.05, 4.69) is 4.98 Å². The van der Waals surface area contributed by atoms with Gasteiger partial charge in [-0.05, 0) is 31.0 Å². The third-order valence-corrected chi connectivity index (χ3v) is 6.02. The fourth-order valence-electron chi connectivity index (χ4n) is 3.02. The number of anilines is 2. The molecule has 0 aliphatic carbocycles. The number of benzene rings is 1. The van der Waals surface area contributed by atoms with Crippen molar-refractivity contribution in [1.29, 1.82) is 0 Å². The van der Waals surface area contributed by atoms with Crippen LogP contribution in [0.4, 0.5) is 15.9 Å². The van der Waals surface area contributed by atoms with Crippen molar-refractivity contribution < 1.29 is 13.9 Å². The van der Waals surface area contributed by atoms with Crippen LogP contribution < -0.4 is 21.9 Å². The summed E-state index contributed by atoms with van der Waals surface area (Å²) in [6.45, 7) is 4.53. The number of aromatic amines is 1. The quantitative estimate of drug-likeness (QED) is 0.542. The summed E-state index contributed by atoms with van der Waals surface area (Å²) in [5.41, 5.74) is 5.69. The predicted octanol–water partition coefficient (Wildman–Crippen LogP) is 2.53. The highest BCUT2D eigenvalue weighted by Crippen LogP contribution is 2.29. The number of H-pyrrole nitrogens is 1. The molecule has 1 heterocycles. The van der Waals surface area contributed by atoms with Crippen molar-refractivity contribution in [2.45, 2.75) is 38.5 Å². The molecule has 0 saturated carbocycles. The highest BCUT2D eigenvalue weighted by Gasteiger charge is 2.24. The van der Waals surface area contributed by atoms with Gasteiger partial charge in [-0.3, -0.25) is 19.1 Å². The van der Waals surface area contributed by atoms with Gasteiger partial charge in [0.15, 0.2) is 5.69 Å². The van der Waals surface area contributed by atoms with Crippen LogP contribution in [0, 0.1) is 5.82 Å². The molecule has 3 N–H and O–H groups in total. The molecule has 1 unspecified atom stereocenters. The molecule has 1 atom stereocenters. The number of unbranched alkanes of at least 4 members (excludes halogenated alkanes) is 1. The van der Waals surface area contributed by atoms with Gasteiger partial charge < -0.3 is 15.4 Å². The number of ether oxygens (including phenoxy) is 1. The second-order valence-electron chi connectivity index (χ2n) is 7.04. The van der Waals surface area contributed by atoms with Crippen molar-refractivity contribution in [1.82, 2.24) is 9.55 Å². The summed E-state index contributed by atoms with van der Waals surface area (Å²) in [6, 6.07) is 6.09. The van der Waals surface area contributed by atoms with Crippen LogP contribution in [0.15, 0.2) is 33.9 Å². The van der Waals surface area contributed by atoms with E-state index in [1.165, 1.54) is 40.5 Å². The summed E-state index contributed by atoms with van der Waals surface area (Å²) in [7, 11) is 1.49. The summed E-state index contributed by atoms with van der Waals surface area (Å²) in [4.78, 5) is 41.3. The Bertz CT molecular complexity index is 990. The van der Waals surface area contributed by atoms with Crippen LogP contribution in [0.1, 0.15) is 37.5 Å². The maximum Gasteiger partial charge on any atom is 0.330 e. The lowest BCUT2D eigenvalue weighted by Gasteiger charge is -2.25. The molecule has 10 heteroatoms. The molecular weight excluding hydrogens is 423 g/mol. The number of carbonyl (C=O) groups excluding carboxylic acids is 1. The maximum absolute atomic E-state index is 13.1. The number of rotatable bonds is 11. The fraction of sp³-hybridized carbons (Fsp3) is 0.476. The van der Waals surface area contributed by atoms with Gasteiger partial charge in [-0.1, -0.05) is 25.5 Å². The first kappa shape index (κ1) is 24.7. The van der Waals surface area contributed by atoms with Gasteiger partial charge in [0.2, 0.25) is 5.91 Å². The molecule has 0 aliphatic heterocycles. The van der Waals surface area contributed by atoms with E-state index < -0.39 is 11.2 Å². The number of nitrogens with two attached hydrogens (primary N) is 1. The topological polar surface area (TPSA) is 110 Å². The summed E-state index contributed by atoms with van der Waals surface area (Å²) in [6.07, 6.45) is 1.54. The van der Waals surface area contributed by atoms with Crippen LogP contribution in [-0.4, -0.2) is 41.5 Å². The van der Waals surface area contributed by atoms with Crippen molar-refractivity contribution in [2.24, 2.45) is 0 Å². The molecule has 170 valence electrons. The molecule has 1 aromatic heterocycles. The van der Waals surface area contributed by atoms with Gasteiger partial charge in [0, 0.05) is 25.4 Å². The van der Waals surface area contributed by atoms with Gasteiger partial charge in [-0.15, -0.1) is 11.8 Å². The summed E-state index contributed by atoms with van der Waals surface area (Å²) in [5.74, 6) is -0.636. The zero-order valence-electron chi connectivity index (χ0n) is 18.0. The molecule has 0 saturated heterocycles. The van der Waals surface area contributed by atoms with Gasteiger partial charge in [-0.2, -0.15) is 0 Å². The summed E-state index contributed by atoms with van der Waals surface area (Å²) in [5, 5.41) is -0.0667. The molecular formula is C21H29FN4O4S. The fourth-order valence-corrected chi connectivity index (χ4v) is 3.92. The van der Waals surface area contributed by atoms with Crippen LogP contribution in [-0.2, 0) is 16.1 Å². The smallest absolute Gasteiger partial charge is 0.330 e. The largest absolute Gasteiger partial charge is 0.383 e. The number of nitrogens with zero attached hydrogens (tertiary/aromatic N) is 2. The third-order valence-electron chi connectivity index (χ3n) is 4.84. The van der Waals surface area contributed by atoms with Crippen molar-refractivity contribution in [3.05, 3.63) is 56.5 Å². The number of nitrogens with one attached hydrogen (secondary N) is 1. The Balaban J connectivity index is 2.28. The predicted molar refractivity (Wildman–Crippen MR) is 122 cm³/mol. The average molecular weight is 453 g/mol. The number of thioether (sulfide) groups is 1. The van der Waals surface area contributed by atoms with E-state index >= 15 is 0 Å². The van der Waals surface area contributed by atoms with Crippen molar-refractivity contribution in [2.75, 3.05) is 36.6 Å². The first-order chi connectivity index (χ1) is 14.8. The molecule has 31 heavy (non-hydrogen) atoms. The van der Waals surface area contributed by atoms with Gasteiger partial charge >= 0.3 is 5.69 Å². The maximum atomic E-state index is 13.1. The van der Waals surface area contributed by atoms with Gasteiger partial charge in [0.1, 0.15) is 11.6 Å². The Kier molecular flexibility index (Phi) is 9.32. The zero-order chi connectivity index (χ0) is 23.0. The van der Waals surface area contributed by atoms with Gasteiger partial charge in [-0.25, -0.2) is 9.18 Å². The van der Waals surface area contributed by atoms with E-state index in [4.69, 9.17) is 10.5 Å². The Hall–Kier alpha value is -2.59. The number of methoxy groups -OCH3 is 1. The normalized spacial score (nSPS) is 12.0. The highest BCUT2D eigenvalue weighted by molar-refractivity contribution is 8.00. The van der Waals surface area contributed by atoms with E-state index in [-0.39, 0.29) is 47.4 Å². The number of halogens is 1. The molecule has 1 amide bonds. The van der Waals surface area contributed by atoms with E-state index in [0.717, 1.165) is 12.0 Å². The number of amides is 1. The number of aromatic nitrogens is 2. The lowest BCUT2D eigenvalue weighted by atomic mass is 10.2. The standard InChI is InChI=1S/C21H29FN4O4S/c1-4-5-10-26-19(23)18(20(28)24-21(26)29)25(11-12-30-3)17(27)13-31-14(2)15-6-8-16(22)9-7-15/h6-9,14H,4-5,10-13,23H2,1-3H3,(H,24,28,29). The second-order valence-corrected chi connectivity index (χ2v) is 8.37. The minimum absolute atomic E-state index is 0.0387. The number of carbonyl (C=O) groups is 1. The first-order valence-corrected chi connectivity index (χ1v) is 11.1. The lowest BCUT2D eigenvalue weighted by molar-refractivity contribution is -0.116. The molecule has 0 radical (unpaired) electrons. The average Bonchev–Trinajstić information content (AvgIpc) is 2.74. The van der Waals surface area contributed by atoms with Crippen LogP contribution in [0.5, 0.6) is 0 Å². The van der Waals surface area contributed by atoms with Crippen molar-refractivity contribution in [3.63, 3.8) is 0 Å². The van der Waals surface area contributed by atoms with Crippen LogP contribution in [0.25, 0.3) is 0 Å². The van der Waals surface area contributed by atoms with E-state index in [1.54, 1.807) is 12.1 Å². The molecule has 0 aliphatic rings. The van der Waals surface area contributed by atoms with E-state index in [0.29, 0.717) is 13.0 Å². The van der Waals surface area contributed by atoms with Crippen molar-refractivity contribution >= 4 is 29.2 Å². The first-order valence-electron chi connectivity index (χ1n) is 10.1. The third kappa shape index (κ3) is 6.44. The van der Waals surface area contributed by atoms with Crippen LogP contribution in [0.2, 0.25) is 0 Å². The number of hydrogen-bond acceptors (Lipinski definition) is 6.